The summed E-state index contributed by atoms with van der Waals surface area (Å²) >= 11 is 0. The lowest BCUT2D eigenvalue weighted by molar-refractivity contribution is 0.122. The minimum atomic E-state index is -0.393. The molecule has 1 aromatic carbocycles. The number of nitrogens with one attached hydrogen (secondary N) is 2. The zero-order valence-corrected chi connectivity index (χ0v) is 18.4. The fourth-order valence-electron chi connectivity index (χ4n) is 3.44. The average Bonchev–Trinajstić information content (AvgIpc) is 3.31. The van der Waals surface area contributed by atoms with Crippen LogP contribution in [0.15, 0.2) is 55.4 Å². The van der Waals surface area contributed by atoms with Crippen LogP contribution in [0.1, 0.15) is 5.82 Å². The fraction of sp³-hybridized carbons (Fsp3) is 0.227. The number of nitrogens with zero attached hydrogens (tertiary/aromatic N) is 8. The van der Waals surface area contributed by atoms with Gasteiger partial charge in [0.2, 0.25) is 11.9 Å². The lowest BCUT2D eigenvalue weighted by Crippen LogP contribution is -2.37. The molecule has 0 aliphatic carbocycles. The SMILES string of the molecule is Cc1nccn1-c1nc(-c2ccc(NC(=O)Nc3cncnc3)cc2)nc(N2CCOCC2)n1. The highest BCUT2D eigenvalue weighted by atomic mass is 16.5. The van der Waals surface area contributed by atoms with Crippen LogP contribution in [0.2, 0.25) is 0 Å². The van der Waals surface area contributed by atoms with Crippen LogP contribution in [0.5, 0.6) is 0 Å². The molecule has 0 unspecified atom stereocenters. The molecule has 12 nitrogen and oxygen atoms in total. The number of anilines is 3. The maximum atomic E-state index is 12.2. The third kappa shape index (κ3) is 4.81. The van der Waals surface area contributed by atoms with Crippen molar-refractivity contribution >= 4 is 23.4 Å². The Bertz CT molecular complexity index is 1270. The van der Waals surface area contributed by atoms with Gasteiger partial charge in [0.15, 0.2) is 5.82 Å². The predicted molar refractivity (Wildman–Crippen MR) is 125 cm³/mol. The van der Waals surface area contributed by atoms with E-state index in [4.69, 9.17) is 9.72 Å². The Morgan fingerprint density at radius 1 is 0.941 bits per heavy atom. The van der Waals surface area contributed by atoms with E-state index in [0.29, 0.717) is 55.4 Å². The number of ether oxygens (including phenoxy) is 1. The van der Waals surface area contributed by atoms with Gasteiger partial charge in [-0.2, -0.15) is 15.0 Å². The molecule has 3 aromatic heterocycles. The Labute approximate surface area is 195 Å². The number of aromatic nitrogens is 7. The van der Waals surface area contributed by atoms with Crippen LogP contribution in [0.25, 0.3) is 17.3 Å². The van der Waals surface area contributed by atoms with Gasteiger partial charge in [-0.25, -0.2) is 19.7 Å². The molecule has 1 fully saturated rings. The minimum absolute atomic E-state index is 0.393. The standard InChI is InChI=1S/C22H22N10O2/c1-15-25-6-7-32(15)21-29-19(28-20(30-21)31-8-10-34-11-9-31)16-2-4-17(5-3-16)26-22(33)27-18-12-23-14-24-13-18/h2-7,12-14H,8-11H2,1H3,(H2,26,27,33). The molecule has 1 saturated heterocycles. The summed E-state index contributed by atoms with van der Waals surface area (Å²) in [6.07, 6.45) is 7.96. The number of urea groups is 1. The number of carbonyl (C=O) groups excluding carboxylic acids is 1. The lowest BCUT2D eigenvalue weighted by Gasteiger charge is -2.27. The number of hydrogen-bond acceptors (Lipinski definition) is 9. The van der Waals surface area contributed by atoms with Crippen molar-refractivity contribution in [3.63, 3.8) is 0 Å². The van der Waals surface area contributed by atoms with Crippen molar-refractivity contribution in [1.29, 1.82) is 0 Å². The predicted octanol–water partition coefficient (Wildman–Crippen LogP) is 2.30. The number of rotatable bonds is 5. The Hall–Kier alpha value is -4.45. The molecule has 0 saturated carbocycles. The van der Waals surface area contributed by atoms with Gasteiger partial charge in [-0.05, 0) is 31.2 Å². The quantitative estimate of drug-likeness (QED) is 0.462. The van der Waals surface area contributed by atoms with Crippen molar-refractivity contribution in [2.24, 2.45) is 0 Å². The molecule has 0 atom stereocenters. The highest BCUT2D eigenvalue weighted by Crippen LogP contribution is 2.22. The first kappa shape index (κ1) is 21.4. The van der Waals surface area contributed by atoms with E-state index in [1.165, 1.54) is 18.7 Å². The van der Waals surface area contributed by atoms with Crippen LogP contribution in [0.4, 0.5) is 22.1 Å². The Morgan fingerprint density at radius 2 is 1.65 bits per heavy atom. The zero-order valence-electron chi connectivity index (χ0n) is 18.4. The van der Waals surface area contributed by atoms with Crippen molar-refractivity contribution in [2.75, 3.05) is 41.8 Å². The summed E-state index contributed by atoms with van der Waals surface area (Å²) in [5.74, 6) is 2.38. The van der Waals surface area contributed by atoms with Gasteiger partial charge in [-0.15, -0.1) is 0 Å². The average molecular weight is 458 g/mol. The van der Waals surface area contributed by atoms with Crippen LogP contribution in [-0.2, 0) is 4.74 Å². The van der Waals surface area contributed by atoms with E-state index < -0.39 is 6.03 Å². The van der Waals surface area contributed by atoms with E-state index in [9.17, 15) is 4.79 Å². The number of amides is 2. The molecule has 0 bridgehead atoms. The van der Waals surface area contributed by atoms with E-state index in [0.717, 1.165) is 11.4 Å². The molecule has 12 heteroatoms. The third-order valence-corrected chi connectivity index (χ3v) is 5.17. The zero-order chi connectivity index (χ0) is 23.3. The van der Waals surface area contributed by atoms with Gasteiger partial charge >= 0.3 is 6.03 Å². The monoisotopic (exact) mass is 458 g/mol. The molecular formula is C22H22N10O2. The summed E-state index contributed by atoms with van der Waals surface area (Å²) in [5, 5.41) is 5.46. The molecule has 4 heterocycles. The second-order valence-electron chi connectivity index (χ2n) is 7.49. The van der Waals surface area contributed by atoms with E-state index in [1.807, 2.05) is 29.8 Å². The van der Waals surface area contributed by atoms with Gasteiger partial charge in [0.05, 0.1) is 31.3 Å². The van der Waals surface area contributed by atoms with E-state index in [2.05, 4.69) is 40.5 Å². The molecule has 172 valence electrons. The number of carbonyl (C=O) groups is 1. The summed E-state index contributed by atoms with van der Waals surface area (Å²) in [7, 11) is 0. The van der Waals surface area contributed by atoms with E-state index >= 15 is 0 Å². The molecule has 0 spiro atoms. The third-order valence-electron chi connectivity index (χ3n) is 5.17. The summed E-state index contributed by atoms with van der Waals surface area (Å²) in [6, 6.07) is 6.89. The summed E-state index contributed by atoms with van der Waals surface area (Å²) in [4.78, 5) is 40.4. The first-order valence-corrected chi connectivity index (χ1v) is 10.7. The van der Waals surface area contributed by atoms with Gasteiger partial charge in [0.25, 0.3) is 0 Å². The van der Waals surface area contributed by atoms with Crippen LogP contribution >= 0.6 is 0 Å². The van der Waals surface area contributed by atoms with Crippen molar-refractivity contribution in [2.45, 2.75) is 6.92 Å². The maximum absolute atomic E-state index is 12.2. The van der Waals surface area contributed by atoms with Crippen LogP contribution in [0, 0.1) is 6.92 Å². The largest absolute Gasteiger partial charge is 0.378 e. The number of imidazole rings is 1. The first-order chi connectivity index (χ1) is 16.7. The summed E-state index contributed by atoms with van der Waals surface area (Å²) in [6.45, 7) is 4.55. The molecule has 0 radical (unpaired) electrons. The molecule has 1 aliphatic rings. The number of benzene rings is 1. The van der Waals surface area contributed by atoms with Crippen molar-refractivity contribution in [1.82, 2.24) is 34.5 Å². The van der Waals surface area contributed by atoms with Crippen molar-refractivity contribution in [3.05, 3.63) is 61.2 Å². The van der Waals surface area contributed by atoms with Crippen LogP contribution < -0.4 is 15.5 Å². The highest BCUT2D eigenvalue weighted by Gasteiger charge is 2.18. The molecule has 1 aliphatic heterocycles. The van der Waals surface area contributed by atoms with Crippen molar-refractivity contribution < 1.29 is 9.53 Å². The Balaban J connectivity index is 1.40. The van der Waals surface area contributed by atoms with E-state index in [1.54, 1.807) is 18.3 Å². The van der Waals surface area contributed by atoms with Gasteiger partial charge in [-0.1, -0.05) is 0 Å². The van der Waals surface area contributed by atoms with Gasteiger partial charge in [0, 0.05) is 36.7 Å². The van der Waals surface area contributed by atoms with Crippen LogP contribution in [0.3, 0.4) is 0 Å². The minimum Gasteiger partial charge on any atom is -0.378 e. The van der Waals surface area contributed by atoms with Gasteiger partial charge in [-0.3, -0.25) is 4.57 Å². The number of aryl methyl sites for hydroxylation is 1. The molecule has 2 amide bonds. The first-order valence-electron chi connectivity index (χ1n) is 10.7. The highest BCUT2D eigenvalue weighted by molar-refractivity contribution is 5.99. The Kier molecular flexibility index (Phi) is 6.03. The normalized spacial score (nSPS) is 13.5. The summed E-state index contributed by atoms with van der Waals surface area (Å²) in [5.41, 5.74) is 1.91. The van der Waals surface area contributed by atoms with Crippen molar-refractivity contribution in [3.8, 4) is 17.3 Å². The number of hydrogen-bond donors (Lipinski definition) is 2. The number of morpholine rings is 1. The lowest BCUT2D eigenvalue weighted by atomic mass is 10.2. The second-order valence-corrected chi connectivity index (χ2v) is 7.49. The molecule has 34 heavy (non-hydrogen) atoms. The second kappa shape index (κ2) is 9.58. The maximum Gasteiger partial charge on any atom is 0.323 e. The van der Waals surface area contributed by atoms with Crippen LogP contribution in [-0.4, -0.2) is 66.8 Å². The molecular weight excluding hydrogens is 436 g/mol. The Morgan fingerprint density at radius 3 is 2.35 bits per heavy atom. The van der Waals surface area contributed by atoms with Gasteiger partial charge in [0.1, 0.15) is 12.2 Å². The molecule has 2 N–H and O–H groups in total. The molecule has 4 aromatic rings. The topological polar surface area (TPSA) is 136 Å². The molecule has 5 rings (SSSR count). The smallest absolute Gasteiger partial charge is 0.323 e. The van der Waals surface area contributed by atoms with Gasteiger partial charge < -0.3 is 20.3 Å². The summed E-state index contributed by atoms with van der Waals surface area (Å²) < 4.78 is 7.29. The fourth-order valence-corrected chi connectivity index (χ4v) is 3.44. The van der Waals surface area contributed by atoms with E-state index in [-0.39, 0.29) is 0 Å².